The third-order valence-corrected chi connectivity index (χ3v) is 2.61. The molecule has 3 heteroatoms. The van der Waals surface area contributed by atoms with Gasteiger partial charge in [0.25, 0.3) is 0 Å². The largest absolute Gasteiger partial charge is 0.396 e. The Morgan fingerprint density at radius 3 is 2.83 bits per heavy atom. The van der Waals surface area contributed by atoms with Crippen LogP contribution in [0.4, 0.5) is 0 Å². The lowest BCUT2D eigenvalue weighted by Gasteiger charge is -2.07. The van der Waals surface area contributed by atoms with Crippen molar-refractivity contribution in [2.45, 2.75) is 26.2 Å². The van der Waals surface area contributed by atoms with Gasteiger partial charge in [0.15, 0.2) is 0 Å². The molecule has 12 heavy (non-hydrogen) atoms. The molecule has 1 saturated carbocycles. The van der Waals surface area contributed by atoms with E-state index in [4.69, 9.17) is 5.11 Å². The monoisotopic (exact) mass is 166 g/mol. The summed E-state index contributed by atoms with van der Waals surface area (Å²) >= 11 is 0. The molecular weight excluding hydrogens is 152 g/mol. The summed E-state index contributed by atoms with van der Waals surface area (Å²) in [6.45, 7) is 2.30. The Labute approximate surface area is 71.8 Å². The molecular formula is C9H14N2O. The second-order valence-electron chi connectivity index (χ2n) is 3.88. The molecule has 2 N–H and O–H groups in total. The number of aromatic nitrogens is 2. The average Bonchev–Trinajstić information content (AvgIpc) is 2.71. The first-order valence-corrected chi connectivity index (χ1v) is 4.36. The van der Waals surface area contributed by atoms with Gasteiger partial charge in [-0.3, -0.25) is 5.10 Å². The number of hydrogen-bond donors (Lipinski definition) is 2. The molecule has 3 nitrogen and oxygen atoms in total. The zero-order chi connectivity index (χ0) is 8.60. The van der Waals surface area contributed by atoms with Crippen molar-refractivity contribution in [3.8, 4) is 0 Å². The molecule has 1 aromatic heterocycles. The number of nitrogens with zero attached hydrogens (tertiary/aromatic N) is 1. The lowest BCUT2D eigenvalue weighted by molar-refractivity contribution is 0.210. The highest BCUT2D eigenvalue weighted by atomic mass is 16.3. The van der Waals surface area contributed by atoms with Crippen LogP contribution in [0.15, 0.2) is 6.07 Å². The highest BCUT2D eigenvalue weighted by Gasteiger charge is 2.42. The zero-order valence-electron chi connectivity index (χ0n) is 7.30. The number of aliphatic hydroxyl groups is 1. The van der Waals surface area contributed by atoms with Gasteiger partial charge in [0.05, 0.1) is 5.69 Å². The van der Waals surface area contributed by atoms with Gasteiger partial charge in [-0.15, -0.1) is 0 Å². The van der Waals surface area contributed by atoms with E-state index in [0.717, 1.165) is 30.7 Å². The Balaban J connectivity index is 2.04. The fourth-order valence-corrected chi connectivity index (χ4v) is 1.52. The standard InChI is InChI=1S/C9H14N2O/c1-7-4-8(11-10-7)5-9(6-12)2-3-9/h4,12H,2-3,5-6H2,1H3,(H,10,11). The molecule has 1 aliphatic rings. The minimum atomic E-state index is 0.182. The smallest absolute Gasteiger partial charge is 0.0631 e. The van der Waals surface area contributed by atoms with Crippen molar-refractivity contribution in [2.75, 3.05) is 6.61 Å². The van der Waals surface area contributed by atoms with E-state index in [1.807, 2.05) is 6.92 Å². The molecule has 66 valence electrons. The highest BCUT2D eigenvalue weighted by Crippen LogP contribution is 2.47. The van der Waals surface area contributed by atoms with Gasteiger partial charge in [-0.05, 0) is 37.7 Å². The van der Waals surface area contributed by atoms with Gasteiger partial charge in [0, 0.05) is 12.3 Å². The Hall–Kier alpha value is -0.830. The van der Waals surface area contributed by atoms with E-state index >= 15 is 0 Å². The molecule has 0 aromatic carbocycles. The molecule has 1 aromatic rings. The van der Waals surface area contributed by atoms with E-state index < -0.39 is 0 Å². The maximum Gasteiger partial charge on any atom is 0.0631 e. The minimum absolute atomic E-state index is 0.182. The van der Waals surface area contributed by atoms with Crippen LogP contribution in [-0.2, 0) is 6.42 Å². The summed E-state index contributed by atoms with van der Waals surface area (Å²) in [7, 11) is 0. The molecule has 0 saturated heterocycles. The summed E-state index contributed by atoms with van der Waals surface area (Å²) in [5, 5.41) is 16.2. The van der Waals surface area contributed by atoms with Gasteiger partial charge in [-0.25, -0.2) is 0 Å². The van der Waals surface area contributed by atoms with E-state index in [-0.39, 0.29) is 5.41 Å². The lowest BCUT2D eigenvalue weighted by atomic mass is 10.0. The van der Waals surface area contributed by atoms with Crippen LogP contribution in [0.25, 0.3) is 0 Å². The van der Waals surface area contributed by atoms with Crippen LogP contribution in [0, 0.1) is 12.3 Å². The Bertz CT molecular complexity index is 276. The van der Waals surface area contributed by atoms with Crippen molar-refractivity contribution in [1.82, 2.24) is 10.2 Å². The third kappa shape index (κ3) is 1.37. The molecule has 2 rings (SSSR count). The molecule has 0 bridgehead atoms. The third-order valence-electron chi connectivity index (χ3n) is 2.61. The van der Waals surface area contributed by atoms with Gasteiger partial charge in [-0.1, -0.05) is 0 Å². The van der Waals surface area contributed by atoms with Gasteiger partial charge < -0.3 is 5.11 Å². The van der Waals surface area contributed by atoms with Crippen molar-refractivity contribution in [1.29, 1.82) is 0 Å². The number of aryl methyl sites for hydroxylation is 1. The Morgan fingerprint density at radius 1 is 1.67 bits per heavy atom. The first-order chi connectivity index (χ1) is 5.74. The average molecular weight is 166 g/mol. The van der Waals surface area contributed by atoms with Gasteiger partial charge >= 0.3 is 0 Å². The molecule has 0 spiro atoms. The lowest BCUT2D eigenvalue weighted by Crippen LogP contribution is -2.10. The van der Waals surface area contributed by atoms with Crippen LogP contribution in [-0.4, -0.2) is 21.9 Å². The first-order valence-electron chi connectivity index (χ1n) is 4.36. The quantitative estimate of drug-likeness (QED) is 0.704. The molecule has 0 unspecified atom stereocenters. The fourth-order valence-electron chi connectivity index (χ4n) is 1.52. The van der Waals surface area contributed by atoms with Crippen LogP contribution < -0.4 is 0 Å². The predicted octanol–water partition coefficient (Wildman–Crippen LogP) is 1.03. The zero-order valence-corrected chi connectivity index (χ0v) is 7.30. The molecule has 1 fully saturated rings. The number of nitrogens with one attached hydrogen (secondary N) is 1. The number of H-pyrrole nitrogens is 1. The van der Waals surface area contributed by atoms with E-state index in [2.05, 4.69) is 16.3 Å². The molecule has 1 aliphatic carbocycles. The van der Waals surface area contributed by atoms with E-state index in [1.54, 1.807) is 0 Å². The maximum absolute atomic E-state index is 9.09. The minimum Gasteiger partial charge on any atom is -0.396 e. The van der Waals surface area contributed by atoms with Crippen LogP contribution >= 0.6 is 0 Å². The number of rotatable bonds is 3. The molecule has 0 amide bonds. The van der Waals surface area contributed by atoms with Gasteiger partial charge in [0.2, 0.25) is 0 Å². The summed E-state index contributed by atoms with van der Waals surface area (Å²) in [4.78, 5) is 0. The maximum atomic E-state index is 9.09. The summed E-state index contributed by atoms with van der Waals surface area (Å²) in [5.41, 5.74) is 2.36. The van der Waals surface area contributed by atoms with E-state index in [1.165, 1.54) is 0 Å². The number of hydrogen-bond acceptors (Lipinski definition) is 2. The van der Waals surface area contributed by atoms with Crippen molar-refractivity contribution in [3.05, 3.63) is 17.5 Å². The van der Waals surface area contributed by atoms with Crippen LogP contribution in [0.1, 0.15) is 24.2 Å². The van der Waals surface area contributed by atoms with E-state index in [0.29, 0.717) is 6.61 Å². The van der Waals surface area contributed by atoms with Crippen LogP contribution in [0.3, 0.4) is 0 Å². The number of aliphatic hydroxyl groups excluding tert-OH is 1. The summed E-state index contributed by atoms with van der Waals surface area (Å²) in [6, 6.07) is 2.05. The van der Waals surface area contributed by atoms with Crippen LogP contribution in [0.2, 0.25) is 0 Å². The first kappa shape index (κ1) is 7.80. The Morgan fingerprint density at radius 2 is 2.42 bits per heavy atom. The molecule has 0 aliphatic heterocycles. The second-order valence-corrected chi connectivity index (χ2v) is 3.88. The Kier molecular flexibility index (Phi) is 1.68. The summed E-state index contributed by atoms with van der Waals surface area (Å²) < 4.78 is 0. The van der Waals surface area contributed by atoms with Crippen molar-refractivity contribution in [3.63, 3.8) is 0 Å². The molecule has 0 radical (unpaired) electrons. The topological polar surface area (TPSA) is 48.9 Å². The molecule has 1 heterocycles. The second kappa shape index (κ2) is 2.59. The molecule has 0 atom stereocenters. The van der Waals surface area contributed by atoms with Gasteiger partial charge in [-0.2, -0.15) is 5.10 Å². The summed E-state index contributed by atoms with van der Waals surface area (Å²) in [5.74, 6) is 0. The van der Waals surface area contributed by atoms with Crippen molar-refractivity contribution in [2.24, 2.45) is 5.41 Å². The summed E-state index contributed by atoms with van der Waals surface area (Å²) in [6.07, 6.45) is 3.22. The van der Waals surface area contributed by atoms with E-state index in [9.17, 15) is 0 Å². The predicted molar refractivity (Wildman–Crippen MR) is 45.8 cm³/mol. The number of aromatic amines is 1. The highest BCUT2D eigenvalue weighted by molar-refractivity contribution is 5.12. The SMILES string of the molecule is Cc1cc(CC2(CO)CC2)n[nH]1. The normalized spacial score (nSPS) is 19.5. The van der Waals surface area contributed by atoms with Crippen molar-refractivity contribution < 1.29 is 5.11 Å². The van der Waals surface area contributed by atoms with Crippen molar-refractivity contribution >= 4 is 0 Å². The van der Waals surface area contributed by atoms with Gasteiger partial charge in [0.1, 0.15) is 0 Å². The van der Waals surface area contributed by atoms with Crippen LogP contribution in [0.5, 0.6) is 0 Å². The fraction of sp³-hybridized carbons (Fsp3) is 0.667.